The van der Waals surface area contributed by atoms with Crippen molar-refractivity contribution in [2.24, 2.45) is 0 Å². The lowest BCUT2D eigenvalue weighted by atomic mass is 10.1. The third-order valence-corrected chi connectivity index (χ3v) is 3.25. The first-order chi connectivity index (χ1) is 8.78. The first-order valence-electron chi connectivity index (χ1n) is 6.48. The largest absolute Gasteiger partial charge is 0.346 e. The molecule has 0 radical (unpaired) electrons. The minimum absolute atomic E-state index is 0.426. The quantitative estimate of drug-likeness (QED) is 0.847. The van der Waals surface area contributed by atoms with E-state index < -0.39 is 0 Å². The lowest BCUT2D eigenvalue weighted by molar-refractivity contribution is 0.570. The number of nitrogens with zero attached hydrogens (tertiary/aromatic N) is 4. The molecule has 2 heterocycles. The number of nitrogens with one attached hydrogen (secondary N) is 1. The zero-order chi connectivity index (χ0) is 13.0. The van der Waals surface area contributed by atoms with Crippen molar-refractivity contribution in [2.45, 2.75) is 39.4 Å². The van der Waals surface area contributed by atoms with Crippen LogP contribution in [0.5, 0.6) is 0 Å². The van der Waals surface area contributed by atoms with E-state index in [9.17, 15) is 0 Å². The van der Waals surface area contributed by atoms with Gasteiger partial charge in [0.1, 0.15) is 12.2 Å². The van der Waals surface area contributed by atoms with Gasteiger partial charge in [0.2, 0.25) is 0 Å². The molecule has 0 saturated carbocycles. The van der Waals surface area contributed by atoms with Gasteiger partial charge in [-0.15, -0.1) is 0 Å². The van der Waals surface area contributed by atoms with Crippen molar-refractivity contribution in [2.75, 3.05) is 7.05 Å². The standard InChI is InChI=1S/C13H21N5/c1-4-12(14-3)11-6-7-17(8-11)9-13-15-10-16-18(13)5-2/h6-8,10,12,14H,4-5,9H2,1-3H3. The molecule has 18 heavy (non-hydrogen) atoms. The van der Waals surface area contributed by atoms with E-state index >= 15 is 0 Å². The van der Waals surface area contributed by atoms with Crippen molar-refractivity contribution >= 4 is 0 Å². The molecule has 1 unspecified atom stereocenters. The van der Waals surface area contributed by atoms with Gasteiger partial charge >= 0.3 is 0 Å². The maximum atomic E-state index is 4.29. The molecule has 0 saturated heterocycles. The minimum atomic E-state index is 0.426. The van der Waals surface area contributed by atoms with Crippen molar-refractivity contribution in [1.29, 1.82) is 0 Å². The smallest absolute Gasteiger partial charge is 0.146 e. The Morgan fingerprint density at radius 1 is 1.39 bits per heavy atom. The molecule has 0 aliphatic rings. The molecule has 0 aliphatic carbocycles. The van der Waals surface area contributed by atoms with Crippen molar-refractivity contribution in [3.8, 4) is 0 Å². The molecule has 0 aromatic carbocycles. The monoisotopic (exact) mass is 247 g/mol. The Morgan fingerprint density at radius 3 is 2.89 bits per heavy atom. The maximum Gasteiger partial charge on any atom is 0.146 e. The predicted molar refractivity (Wildman–Crippen MR) is 71.3 cm³/mol. The van der Waals surface area contributed by atoms with Crippen LogP contribution in [-0.4, -0.2) is 26.4 Å². The van der Waals surface area contributed by atoms with Crippen LogP contribution in [0.4, 0.5) is 0 Å². The van der Waals surface area contributed by atoms with E-state index in [0.29, 0.717) is 6.04 Å². The van der Waals surface area contributed by atoms with Gasteiger partial charge in [-0.05, 0) is 32.0 Å². The lowest BCUT2D eigenvalue weighted by Crippen LogP contribution is -2.14. The summed E-state index contributed by atoms with van der Waals surface area (Å²) in [5, 5.41) is 7.50. The molecule has 0 fully saturated rings. The molecule has 2 aromatic heterocycles. The average Bonchev–Trinajstić information content (AvgIpc) is 3.01. The van der Waals surface area contributed by atoms with Crippen LogP contribution in [0.2, 0.25) is 0 Å². The number of hydrogen-bond acceptors (Lipinski definition) is 3. The average molecular weight is 247 g/mol. The van der Waals surface area contributed by atoms with E-state index in [1.54, 1.807) is 6.33 Å². The zero-order valence-electron chi connectivity index (χ0n) is 11.3. The van der Waals surface area contributed by atoms with Gasteiger partial charge in [0, 0.05) is 25.0 Å². The molecule has 0 bridgehead atoms. The highest BCUT2D eigenvalue weighted by Crippen LogP contribution is 2.16. The second-order valence-electron chi connectivity index (χ2n) is 4.36. The molecular weight excluding hydrogens is 226 g/mol. The van der Waals surface area contributed by atoms with Gasteiger partial charge in [-0.2, -0.15) is 5.10 Å². The van der Waals surface area contributed by atoms with Crippen molar-refractivity contribution in [1.82, 2.24) is 24.6 Å². The van der Waals surface area contributed by atoms with Gasteiger partial charge in [0.25, 0.3) is 0 Å². The van der Waals surface area contributed by atoms with Crippen LogP contribution < -0.4 is 5.32 Å². The second-order valence-corrected chi connectivity index (χ2v) is 4.36. The predicted octanol–water partition coefficient (Wildman–Crippen LogP) is 1.82. The fraction of sp³-hybridized carbons (Fsp3) is 0.538. The van der Waals surface area contributed by atoms with Gasteiger partial charge in [-0.25, -0.2) is 9.67 Å². The number of aromatic nitrogens is 4. The lowest BCUT2D eigenvalue weighted by Gasteiger charge is -2.11. The van der Waals surface area contributed by atoms with Crippen LogP contribution >= 0.6 is 0 Å². The highest BCUT2D eigenvalue weighted by Gasteiger charge is 2.09. The van der Waals surface area contributed by atoms with E-state index in [0.717, 1.165) is 25.3 Å². The van der Waals surface area contributed by atoms with Crippen LogP contribution in [-0.2, 0) is 13.1 Å². The van der Waals surface area contributed by atoms with E-state index in [1.807, 2.05) is 11.7 Å². The minimum Gasteiger partial charge on any atom is -0.346 e. The Hall–Kier alpha value is -1.62. The first-order valence-corrected chi connectivity index (χ1v) is 6.48. The van der Waals surface area contributed by atoms with E-state index in [4.69, 9.17) is 0 Å². The molecular formula is C13H21N5. The van der Waals surface area contributed by atoms with Gasteiger partial charge in [-0.3, -0.25) is 0 Å². The molecule has 0 aliphatic heterocycles. The maximum absolute atomic E-state index is 4.29. The Labute approximate surface area is 108 Å². The number of rotatable bonds is 6. The molecule has 98 valence electrons. The van der Waals surface area contributed by atoms with Crippen LogP contribution in [0.1, 0.15) is 37.7 Å². The van der Waals surface area contributed by atoms with Crippen LogP contribution in [0, 0.1) is 0 Å². The van der Waals surface area contributed by atoms with Crippen molar-refractivity contribution < 1.29 is 0 Å². The molecule has 5 nitrogen and oxygen atoms in total. The van der Waals surface area contributed by atoms with Gasteiger partial charge in [-0.1, -0.05) is 6.92 Å². The summed E-state index contributed by atoms with van der Waals surface area (Å²) < 4.78 is 4.08. The van der Waals surface area contributed by atoms with Gasteiger partial charge in [0.15, 0.2) is 0 Å². The van der Waals surface area contributed by atoms with Gasteiger partial charge in [0.05, 0.1) is 6.54 Å². The fourth-order valence-corrected chi connectivity index (χ4v) is 2.21. The fourth-order valence-electron chi connectivity index (χ4n) is 2.21. The second kappa shape index (κ2) is 5.82. The molecule has 5 heteroatoms. The summed E-state index contributed by atoms with van der Waals surface area (Å²) >= 11 is 0. The van der Waals surface area contributed by atoms with E-state index in [1.165, 1.54) is 5.56 Å². The Kier molecular flexibility index (Phi) is 4.15. The van der Waals surface area contributed by atoms with Crippen molar-refractivity contribution in [3.63, 3.8) is 0 Å². The molecule has 2 aromatic rings. The Bertz CT molecular complexity index is 481. The topological polar surface area (TPSA) is 47.7 Å². The normalized spacial score (nSPS) is 12.8. The highest BCUT2D eigenvalue weighted by atomic mass is 15.3. The highest BCUT2D eigenvalue weighted by molar-refractivity contribution is 5.15. The molecule has 1 atom stereocenters. The van der Waals surface area contributed by atoms with Gasteiger partial charge < -0.3 is 9.88 Å². The Morgan fingerprint density at radius 2 is 2.22 bits per heavy atom. The van der Waals surface area contributed by atoms with Crippen LogP contribution in [0.25, 0.3) is 0 Å². The summed E-state index contributed by atoms with van der Waals surface area (Å²) in [6.07, 6.45) is 6.99. The molecule has 2 rings (SSSR count). The molecule has 1 N–H and O–H groups in total. The van der Waals surface area contributed by atoms with Crippen LogP contribution in [0.15, 0.2) is 24.8 Å². The first kappa shape index (κ1) is 12.8. The summed E-state index contributed by atoms with van der Waals surface area (Å²) in [5.41, 5.74) is 1.32. The third-order valence-electron chi connectivity index (χ3n) is 3.25. The summed E-state index contributed by atoms with van der Waals surface area (Å²) in [4.78, 5) is 4.29. The number of aryl methyl sites for hydroxylation is 1. The van der Waals surface area contributed by atoms with Crippen LogP contribution in [0.3, 0.4) is 0 Å². The molecule has 0 spiro atoms. The SMILES string of the molecule is CCC(NC)c1ccn(Cc2ncnn2CC)c1. The van der Waals surface area contributed by atoms with E-state index in [-0.39, 0.29) is 0 Å². The van der Waals surface area contributed by atoms with E-state index in [2.05, 4.69) is 52.3 Å². The summed E-state index contributed by atoms with van der Waals surface area (Å²) in [6, 6.07) is 2.59. The summed E-state index contributed by atoms with van der Waals surface area (Å²) in [5.74, 6) is 0.997. The van der Waals surface area contributed by atoms with Crippen molar-refractivity contribution in [3.05, 3.63) is 36.2 Å². The summed E-state index contributed by atoms with van der Waals surface area (Å²) in [6.45, 7) is 5.89. The summed E-state index contributed by atoms with van der Waals surface area (Å²) in [7, 11) is 2.00. The third kappa shape index (κ3) is 2.61. The Balaban J connectivity index is 2.11. The molecule has 0 amide bonds. The number of hydrogen-bond donors (Lipinski definition) is 1. The zero-order valence-corrected chi connectivity index (χ0v) is 11.3.